The van der Waals surface area contributed by atoms with E-state index in [2.05, 4.69) is 44.0 Å². The molecule has 124 valence electrons. The Morgan fingerprint density at radius 2 is 2.05 bits per heavy atom. The first kappa shape index (κ1) is 19.1. The minimum absolute atomic E-state index is 0.513. The van der Waals surface area contributed by atoms with Crippen LogP contribution in [-0.4, -0.2) is 32.1 Å². The van der Waals surface area contributed by atoms with Gasteiger partial charge in [-0.15, -0.1) is 0 Å². The van der Waals surface area contributed by atoms with Crippen LogP contribution in [0.5, 0.6) is 5.75 Å². The average Bonchev–Trinajstić information content (AvgIpc) is 2.65. The highest BCUT2D eigenvalue weighted by Crippen LogP contribution is 2.35. The number of nitrogens with zero attached hydrogens (tertiary/aromatic N) is 1. The molecule has 0 saturated heterocycles. The third kappa shape index (κ3) is 5.03. The number of benzene rings is 1. The standard InChI is InChI=1S/C17H24ClNO.C2H6/c1-12(2)5-6-14-11-19(3)8-7-13-9-16(18)17(20-4)10-15(13)14;1-2/h5,9-10,14H,6-8,11H2,1-4H3;1-2H3. The molecule has 2 rings (SSSR count). The molecule has 0 radical (unpaired) electrons. The molecular formula is C19H30ClNO. The molecule has 1 aromatic rings. The van der Waals surface area contributed by atoms with Crippen molar-refractivity contribution in [3.63, 3.8) is 0 Å². The Hall–Kier alpha value is -0.990. The fourth-order valence-corrected chi connectivity index (χ4v) is 3.08. The van der Waals surface area contributed by atoms with Crippen molar-refractivity contribution in [2.24, 2.45) is 0 Å². The van der Waals surface area contributed by atoms with Crippen LogP contribution in [0.25, 0.3) is 0 Å². The van der Waals surface area contributed by atoms with Gasteiger partial charge in [-0.1, -0.05) is 37.1 Å². The highest BCUT2D eigenvalue weighted by Gasteiger charge is 2.22. The van der Waals surface area contributed by atoms with Gasteiger partial charge in [-0.25, -0.2) is 0 Å². The van der Waals surface area contributed by atoms with Crippen molar-refractivity contribution in [1.82, 2.24) is 4.90 Å². The Kier molecular flexibility index (Phi) is 7.98. The molecule has 1 aromatic carbocycles. The van der Waals surface area contributed by atoms with Crippen LogP contribution >= 0.6 is 11.6 Å². The molecule has 1 atom stereocenters. The first-order valence-corrected chi connectivity index (χ1v) is 8.57. The summed E-state index contributed by atoms with van der Waals surface area (Å²) in [5.74, 6) is 1.30. The van der Waals surface area contributed by atoms with E-state index in [1.165, 1.54) is 16.7 Å². The molecule has 0 aliphatic carbocycles. The molecule has 2 nitrogen and oxygen atoms in total. The number of allylic oxidation sites excluding steroid dienone is 2. The van der Waals surface area contributed by atoms with Crippen LogP contribution in [0.1, 0.15) is 51.2 Å². The van der Waals surface area contributed by atoms with Gasteiger partial charge in [0, 0.05) is 19.0 Å². The zero-order valence-corrected chi connectivity index (χ0v) is 15.6. The summed E-state index contributed by atoms with van der Waals surface area (Å²) < 4.78 is 5.39. The summed E-state index contributed by atoms with van der Waals surface area (Å²) in [5.41, 5.74) is 4.14. The van der Waals surface area contributed by atoms with Crippen molar-refractivity contribution < 1.29 is 4.74 Å². The van der Waals surface area contributed by atoms with Crippen LogP contribution in [0, 0.1) is 0 Å². The van der Waals surface area contributed by atoms with Gasteiger partial charge in [0.05, 0.1) is 12.1 Å². The van der Waals surface area contributed by atoms with Crippen LogP contribution in [-0.2, 0) is 6.42 Å². The molecule has 0 aromatic heterocycles. The summed E-state index contributed by atoms with van der Waals surface area (Å²) in [6.07, 6.45) is 4.46. The molecular weight excluding hydrogens is 294 g/mol. The molecule has 1 heterocycles. The van der Waals surface area contributed by atoms with Crippen LogP contribution in [0.3, 0.4) is 0 Å². The van der Waals surface area contributed by atoms with Crippen LogP contribution < -0.4 is 4.74 Å². The first-order valence-electron chi connectivity index (χ1n) is 8.19. The van der Waals surface area contributed by atoms with Gasteiger partial charge in [0.1, 0.15) is 5.75 Å². The predicted octanol–water partition coefficient (Wildman–Crippen LogP) is 5.30. The average molecular weight is 324 g/mol. The van der Waals surface area contributed by atoms with Gasteiger partial charge >= 0.3 is 0 Å². The topological polar surface area (TPSA) is 12.5 Å². The van der Waals surface area contributed by atoms with E-state index >= 15 is 0 Å². The molecule has 0 N–H and O–H groups in total. The molecule has 1 unspecified atom stereocenters. The molecule has 1 aliphatic heterocycles. The molecule has 3 heteroatoms. The van der Waals surface area contributed by atoms with Gasteiger partial charge in [0.15, 0.2) is 0 Å². The number of ether oxygens (including phenoxy) is 1. The summed E-state index contributed by atoms with van der Waals surface area (Å²) >= 11 is 6.28. The second-order valence-electron chi connectivity index (χ2n) is 5.91. The minimum atomic E-state index is 0.513. The number of methoxy groups -OCH3 is 1. The van der Waals surface area contributed by atoms with Crippen molar-refractivity contribution in [2.45, 2.75) is 46.5 Å². The number of likely N-dealkylation sites (N-methyl/N-ethyl adjacent to an activating group) is 1. The van der Waals surface area contributed by atoms with E-state index in [1.807, 2.05) is 13.8 Å². The van der Waals surface area contributed by atoms with Gasteiger partial charge in [-0.2, -0.15) is 0 Å². The van der Waals surface area contributed by atoms with E-state index in [4.69, 9.17) is 16.3 Å². The van der Waals surface area contributed by atoms with Crippen LogP contribution in [0.2, 0.25) is 5.02 Å². The smallest absolute Gasteiger partial charge is 0.137 e. The van der Waals surface area contributed by atoms with E-state index in [1.54, 1.807) is 7.11 Å². The number of fused-ring (bicyclic) bond motifs is 1. The van der Waals surface area contributed by atoms with E-state index < -0.39 is 0 Å². The molecule has 0 saturated carbocycles. The predicted molar refractivity (Wildman–Crippen MR) is 97.3 cm³/mol. The van der Waals surface area contributed by atoms with Gasteiger partial charge in [-0.05, 0) is 57.0 Å². The van der Waals surface area contributed by atoms with Gasteiger partial charge in [0.25, 0.3) is 0 Å². The fourth-order valence-electron chi connectivity index (χ4n) is 2.82. The highest BCUT2D eigenvalue weighted by molar-refractivity contribution is 6.32. The maximum Gasteiger partial charge on any atom is 0.137 e. The maximum atomic E-state index is 6.28. The molecule has 22 heavy (non-hydrogen) atoms. The Balaban J connectivity index is 0.00000116. The monoisotopic (exact) mass is 323 g/mol. The fraction of sp³-hybridized carbons (Fsp3) is 0.579. The second kappa shape index (κ2) is 9.22. The Morgan fingerprint density at radius 1 is 1.36 bits per heavy atom. The third-order valence-corrected chi connectivity index (χ3v) is 4.25. The summed E-state index contributed by atoms with van der Waals surface area (Å²) in [5, 5.41) is 0.719. The quantitative estimate of drug-likeness (QED) is 0.699. The van der Waals surface area contributed by atoms with Crippen LogP contribution in [0.4, 0.5) is 0 Å². The lowest BCUT2D eigenvalue weighted by Crippen LogP contribution is -2.23. The zero-order chi connectivity index (χ0) is 16.7. The van der Waals surface area contributed by atoms with Crippen molar-refractivity contribution in [2.75, 3.05) is 27.2 Å². The van der Waals surface area contributed by atoms with Crippen molar-refractivity contribution >= 4 is 11.6 Å². The largest absolute Gasteiger partial charge is 0.495 e. The zero-order valence-electron chi connectivity index (χ0n) is 14.9. The van der Waals surface area contributed by atoms with E-state index in [9.17, 15) is 0 Å². The summed E-state index contributed by atoms with van der Waals surface area (Å²) in [7, 11) is 3.88. The number of halogens is 1. The van der Waals surface area contributed by atoms with Gasteiger partial charge in [0.2, 0.25) is 0 Å². The summed E-state index contributed by atoms with van der Waals surface area (Å²) in [4.78, 5) is 2.41. The van der Waals surface area contributed by atoms with Crippen molar-refractivity contribution in [3.05, 3.63) is 39.9 Å². The molecule has 0 spiro atoms. The molecule has 0 bridgehead atoms. The molecule has 0 amide bonds. The van der Waals surface area contributed by atoms with Gasteiger partial charge in [-0.3, -0.25) is 0 Å². The van der Waals surface area contributed by atoms with E-state index in [0.29, 0.717) is 5.92 Å². The summed E-state index contributed by atoms with van der Waals surface area (Å²) in [6.45, 7) is 10.5. The lowest BCUT2D eigenvalue weighted by molar-refractivity contribution is 0.325. The third-order valence-electron chi connectivity index (χ3n) is 3.96. The lowest BCUT2D eigenvalue weighted by Gasteiger charge is -2.21. The van der Waals surface area contributed by atoms with Crippen molar-refractivity contribution in [1.29, 1.82) is 0 Å². The first-order chi connectivity index (χ1) is 10.5. The minimum Gasteiger partial charge on any atom is -0.495 e. The Labute approximate surface area is 141 Å². The number of hydrogen-bond acceptors (Lipinski definition) is 2. The van der Waals surface area contributed by atoms with Crippen molar-refractivity contribution in [3.8, 4) is 5.75 Å². The Bertz CT molecular complexity index is 506. The number of rotatable bonds is 3. The Morgan fingerprint density at radius 3 is 2.64 bits per heavy atom. The van der Waals surface area contributed by atoms with E-state index in [-0.39, 0.29) is 0 Å². The lowest BCUT2D eigenvalue weighted by atomic mass is 9.90. The summed E-state index contributed by atoms with van der Waals surface area (Å²) in [6, 6.07) is 4.23. The second-order valence-corrected chi connectivity index (χ2v) is 6.32. The maximum absolute atomic E-state index is 6.28. The normalized spacial score (nSPS) is 17.7. The van der Waals surface area contributed by atoms with E-state index in [0.717, 1.165) is 36.7 Å². The highest BCUT2D eigenvalue weighted by atomic mass is 35.5. The molecule has 0 fully saturated rings. The SMILES string of the molecule is CC.COc1cc2c(cc1Cl)CCN(C)CC2CC=C(C)C. The van der Waals surface area contributed by atoms with Gasteiger partial charge < -0.3 is 9.64 Å². The molecule has 1 aliphatic rings. The van der Waals surface area contributed by atoms with Crippen LogP contribution in [0.15, 0.2) is 23.8 Å². The number of hydrogen-bond donors (Lipinski definition) is 0.